The van der Waals surface area contributed by atoms with Crippen LogP contribution in [0.5, 0.6) is 5.88 Å². The Morgan fingerprint density at radius 1 is 1.30 bits per heavy atom. The normalized spacial score (nSPS) is 19.2. The molecule has 0 N–H and O–H groups in total. The lowest BCUT2D eigenvalue weighted by Gasteiger charge is -2.35. The first kappa shape index (κ1) is 15.6. The molecular weight excluding hydrogens is 272 g/mol. The van der Waals surface area contributed by atoms with E-state index in [0.29, 0.717) is 11.8 Å². The summed E-state index contributed by atoms with van der Waals surface area (Å²) in [5.74, 6) is 1.30. The van der Waals surface area contributed by atoms with Crippen molar-refractivity contribution in [3.05, 3.63) is 18.1 Å². The van der Waals surface area contributed by atoms with Gasteiger partial charge in [0.1, 0.15) is 6.33 Å². The number of nitrogens with zero attached hydrogens (tertiary/aromatic N) is 2. The Kier molecular flexibility index (Phi) is 5.25. The van der Waals surface area contributed by atoms with E-state index >= 15 is 0 Å². The largest absolute Gasteiger partial charge is 0.481 e. The van der Waals surface area contributed by atoms with Gasteiger partial charge in [0.05, 0.1) is 7.11 Å². The number of aromatic nitrogens is 2. The summed E-state index contributed by atoms with van der Waals surface area (Å²) in [5.41, 5.74) is 1.26. The number of hydrogen-bond donors (Lipinski definition) is 0. The van der Waals surface area contributed by atoms with E-state index in [1.165, 1.54) is 32.1 Å². The number of hydrogen-bond acceptors (Lipinski definition) is 3. The highest BCUT2D eigenvalue weighted by Gasteiger charge is 2.40. The van der Waals surface area contributed by atoms with Gasteiger partial charge in [-0.2, -0.15) is 0 Å². The minimum atomic E-state index is 0.145. The van der Waals surface area contributed by atoms with E-state index in [4.69, 9.17) is 16.3 Å². The van der Waals surface area contributed by atoms with Crippen LogP contribution in [0.1, 0.15) is 51.6 Å². The summed E-state index contributed by atoms with van der Waals surface area (Å²) in [5, 5.41) is 0.145. The Morgan fingerprint density at radius 2 is 2.00 bits per heavy atom. The predicted octanol–water partition coefficient (Wildman–Crippen LogP) is 4.24. The molecule has 0 aliphatic heterocycles. The van der Waals surface area contributed by atoms with Gasteiger partial charge < -0.3 is 4.74 Å². The Bertz CT molecular complexity index is 430. The average Bonchev–Trinajstić information content (AvgIpc) is 2.88. The summed E-state index contributed by atoms with van der Waals surface area (Å²) in [6, 6.07) is 1.90. The van der Waals surface area contributed by atoms with Gasteiger partial charge in [-0.3, -0.25) is 0 Å². The molecule has 2 rings (SSSR count). The van der Waals surface area contributed by atoms with Crippen molar-refractivity contribution in [2.75, 3.05) is 7.11 Å². The minimum Gasteiger partial charge on any atom is -0.481 e. The molecule has 0 amide bonds. The summed E-state index contributed by atoms with van der Waals surface area (Å²) in [6.07, 6.45) is 8.69. The van der Waals surface area contributed by atoms with E-state index in [1.807, 2.05) is 6.07 Å². The van der Waals surface area contributed by atoms with Crippen LogP contribution in [-0.2, 0) is 6.42 Å². The highest BCUT2D eigenvalue weighted by atomic mass is 35.5. The molecule has 1 aromatic heterocycles. The summed E-state index contributed by atoms with van der Waals surface area (Å²) >= 11 is 6.82. The Hall–Kier alpha value is -0.830. The topological polar surface area (TPSA) is 35.0 Å². The first-order chi connectivity index (χ1) is 9.55. The van der Waals surface area contributed by atoms with Gasteiger partial charge in [0.15, 0.2) is 0 Å². The number of alkyl halides is 1. The second kappa shape index (κ2) is 6.75. The summed E-state index contributed by atoms with van der Waals surface area (Å²) < 4.78 is 5.16. The lowest BCUT2D eigenvalue weighted by Crippen LogP contribution is -2.32. The zero-order chi connectivity index (χ0) is 14.6. The lowest BCUT2D eigenvalue weighted by atomic mass is 9.74. The number of halogens is 1. The third-order valence-electron chi connectivity index (χ3n) is 4.37. The van der Waals surface area contributed by atoms with E-state index in [9.17, 15) is 0 Å². The second-order valence-corrected chi connectivity index (χ2v) is 6.92. The van der Waals surface area contributed by atoms with Gasteiger partial charge in [0.2, 0.25) is 5.88 Å². The van der Waals surface area contributed by atoms with Gasteiger partial charge in [-0.25, -0.2) is 9.97 Å². The second-order valence-electron chi connectivity index (χ2n) is 6.39. The van der Waals surface area contributed by atoms with Crippen LogP contribution in [0, 0.1) is 11.3 Å². The third-order valence-corrected chi connectivity index (χ3v) is 4.99. The molecule has 0 radical (unpaired) electrons. The van der Waals surface area contributed by atoms with Gasteiger partial charge in [-0.05, 0) is 30.6 Å². The molecule has 1 aliphatic carbocycles. The minimum absolute atomic E-state index is 0.145. The highest BCUT2D eigenvalue weighted by Crippen LogP contribution is 2.48. The fourth-order valence-electron chi connectivity index (χ4n) is 3.54. The molecule has 0 saturated heterocycles. The standard InChI is InChI=1S/C16H25ClN2O/c1-12(2)10-16(6-4-5-7-16)14(17)8-13-9-15(20-3)19-11-18-13/h9,11-12,14H,4-8,10H2,1-3H3. The van der Waals surface area contributed by atoms with Crippen molar-refractivity contribution in [3.63, 3.8) is 0 Å². The SMILES string of the molecule is COc1cc(CC(Cl)C2(CC(C)C)CCCC2)ncn1. The van der Waals surface area contributed by atoms with Crippen molar-refractivity contribution in [1.82, 2.24) is 9.97 Å². The molecule has 4 heteroatoms. The van der Waals surface area contributed by atoms with Crippen molar-refractivity contribution in [1.29, 1.82) is 0 Å². The molecule has 1 aliphatic rings. The van der Waals surface area contributed by atoms with Gasteiger partial charge in [-0.15, -0.1) is 11.6 Å². The van der Waals surface area contributed by atoms with E-state index in [2.05, 4.69) is 23.8 Å². The maximum absolute atomic E-state index is 6.82. The van der Waals surface area contributed by atoms with E-state index in [1.54, 1.807) is 13.4 Å². The maximum Gasteiger partial charge on any atom is 0.216 e. The van der Waals surface area contributed by atoms with Crippen molar-refractivity contribution < 1.29 is 4.74 Å². The molecule has 1 heterocycles. The first-order valence-electron chi connectivity index (χ1n) is 7.55. The van der Waals surface area contributed by atoms with Crippen molar-refractivity contribution in [2.45, 2.75) is 57.7 Å². The molecule has 1 aromatic rings. The number of methoxy groups -OCH3 is 1. The Balaban J connectivity index is 2.09. The molecule has 1 saturated carbocycles. The van der Waals surface area contributed by atoms with Gasteiger partial charge in [0, 0.05) is 23.6 Å². The Morgan fingerprint density at radius 3 is 2.60 bits per heavy atom. The van der Waals surface area contributed by atoms with E-state index in [0.717, 1.165) is 12.1 Å². The summed E-state index contributed by atoms with van der Waals surface area (Å²) in [6.45, 7) is 4.58. The lowest BCUT2D eigenvalue weighted by molar-refractivity contribution is 0.220. The quantitative estimate of drug-likeness (QED) is 0.736. The molecule has 1 unspecified atom stereocenters. The van der Waals surface area contributed by atoms with Crippen LogP contribution >= 0.6 is 11.6 Å². The van der Waals surface area contributed by atoms with Crippen molar-refractivity contribution >= 4 is 11.6 Å². The summed E-state index contributed by atoms with van der Waals surface area (Å²) in [7, 11) is 1.63. The van der Waals surface area contributed by atoms with Crippen LogP contribution in [0.25, 0.3) is 0 Å². The first-order valence-corrected chi connectivity index (χ1v) is 7.98. The predicted molar refractivity (Wildman–Crippen MR) is 82.3 cm³/mol. The molecule has 0 spiro atoms. The average molecular weight is 297 g/mol. The molecule has 112 valence electrons. The third kappa shape index (κ3) is 3.63. The molecule has 1 atom stereocenters. The van der Waals surface area contributed by atoms with Gasteiger partial charge in [0.25, 0.3) is 0 Å². The van der Waals surface area contributed by atoms with Crippen LogP contribution in [0.2, 0.25) is 0 Å². The monoisotopic (exact) mass is 296 g/mol. The molecule has 0 bridgehead atoms. The van der Waals surface area contributed by atoms with Crippen LogP contribution in [0.15, 0.2) is 12.4 Å². The number of rotatable bonds is 6. The van der Waals surface area contributed by atoms with Crippen LogP contribution in [-0.4, -0.2) is 22.5 Å². The fourth-order valence-corrected chi connectivity index (χ4v) is 4.00. The van der Waals surface area contributed by atoms with Crippen molar-refractivity contribution in [2.24, 2.45) is 11.3 Å². The maximum atomic E-state index is 6.82. The zero-order valence-electron chi connectivity index (χ0n) is 12.7. The van der Waals surface area contributed by atoms with Crippen LogP contribution in [0.4, 0.5) is 0 Å². The molecular formula is C16H25ClN2O. The molecule has 1 fully saturated rings. The fraction of sp³-hybridized carbons (Fsp3) is 0.750. The molecule has 0 aromatic carbocycles. The van der Waals surface area contributed by atoms with Crippen LogP contribution in [0.3, 0.4) is 0 Å². The van der Waals surface area contributed by atoms with Gasteiger partial charge in [-0.1, -0.05) is 26.7 Å². The zero-order valence-corrected chi connectivity index (χ0v) is 13.5. The Labute approximate surface area is 127 Å². The molecule has 3 nitrogen and oxygen atoms in total. The van der Waals surface area contributed by atoms with Gasteiger partial charge >= 0.3 is 0 Å². The highest BCUT2D eigenvalue weighted by molar-refractivity contribution is 6.21. The van der Waals surface area contributed by atoms with Crippen molar-refractivity contribution in [3.8, 4) is 5.88 Å². The van der Waals surface area contributed by atoms with E-state index < -0.39 is 0 Å². The smallest absolute Gasteiger partial charge is 0.216 e. The molecule has 20 heavy (non-hydrogen) atoms. The van der Waals surface area contributed by atoms with E-state index in [-0.39, 0.29) is 10.8 Å². The van der Waals surface area contributed by atoms with Crippen LogP contribution < -0.4 is 4.74 Å². The summed E-state index contributed by atoms with van der Waals surface area (Å²) in [4.78, 5) is 8.39. The number of ether oxygens (including phenoxy) is 1.